The quantitative estimate of drug-likeness (QED) is 0.129. The fourth-order valence-electron chi connectivity index (χ4n) is 4.65. The Labute approximate surface area is 198 Å². The Kier molecular flexibility index (Phi) is 27.9. The second-order valence-electron chi connectivity index (χ2n) is 10.1. The van der Waals surface area contributed by atoms with Crippen molar-refractivity contribution < 1.29 is 0 Å². The van der Waals surface area contributed by atoms with Crippen LogP contribution in [0.25, 0.3) is 0 Å². The van der Waals surface area contributed by atoms with Gasteiger partial charge in [-0.05, 0) is 45.4 Å². The molecule has 0 aliphatic rings. The van der Waals surface area contributed by atoms with E-state index < -0.39 is 0 Å². The Balaban J connectivity index is 3.50. The molecule has 0 fully saturated rings. The number of rotatable bonds is 27. The van der Waals surface area contributed by atoms with Gasteiger partial charge in [-0.1, -0.05) is 142 Å². The van der Waals surface area contributed by atoms with Crippen LogP contribution in [0.2, 0.25) is 0 Å². The van der Waals surface area contributed by atoms with Crippen LogP contribution in [-0.2, 0) is 0 Å². The van der Waals surface area contributed by atoms with E-state index in [1.165, 1.54) is 161 Å². The molecule has 0 unspecified atom stereocenters. The largest absolute Gasteiger partial charge is 0.330 e. The summed E-state index contributed by atoms with van der Waals surface area (Å²) in [5.41, 5.74) is 5.77. The van der Waals surface area contributed by atoms with Crippen molar-refractivity contribution in [3.05, 3.63) is 0 Å². The molecular weight excluding hydrogens is 376 g/mol. The average Bonchev–Trinajstić information content (AvgIpc) is 2.78. The monoisotopic (exact) mass is 438 g/mol. The van der Waals surface area contributed by atoms with Crippen LogP contribution in [0.15, 0.2) is 0 Å². The van der Waals surface area contributed by atoms with Gasteiger partial charge in [-0.3, -0.25) is 0 Å². The number of hydrogen-bond donors (Lipinski definition) is 1. The van der Waals surface area contributed by atoms with Crippen LogP contribution in [0.1, 0.15) is 162 Å². The van der Waals surface area contributed by atoms with E-state index in [0.29, 0.717) is 0 Å². The van der Waals surface area contributed by atoms with E-state index in [9.17, 15) is 0 Å². The molecule has 0 spiro atoms. The molecule has 188 valence electrons. The summed E-state index contributed by atoms with van der Waals surface area (Å²) in [7, 11) is 0. The highest BCUT2D eigenvalue weighted by Gasteiger charge is 2.04. The van der Waals surface area contributed by atoms with Gasteiger partial charge in [0.1, 0.15) is 0 Å². The zero-order valence-electron chi connectivity index (χ0n) is 22.1. The molecular formula is C29H62N2. The van der Waals surface area contributed by atoms with Crippen LogP contribution in [-0.4, -0.2) is 31.1 Å². The highest BCUT2D eigenvalue weighted by molar-refractivity contribution is 4.60. The highest BCUT2D eigenvalue weighted by atomic mass is 15.1. The normalized spacial score (nSPS) is 11.6. The molecule has 0 saturated carbocycles. The average molecular weight is 439 g/mol. The van der Waals surface area contributed by atoms with Crippen molar-refractivity contribution in [3.63, 3.8) is 0 Å². The molecule has 0 heterocycles. The molecule has 0 aromatic rings. The standard InChI is InChI=1S/C29H62N2/c1-3-5-7-9-11-13-15-17-19-21-23-27-31(29-25-26-30)28-24-22-20-18-16-14-12-10-8-6-4-2/h3-30H2,1-2H3. The maximum absolute atomic E-state index is 5.77. The third kappa shape index (κ3) is 26.1. The van der Waals surface area contributed by atoms with Crippen LogP contribution < -0.4 is 5.73 Å². The number of nitrogens with zero attached hydrogens (tertiary/aromatic N) is 1. The summed E-state index contributed by atoms with van der Waals surface area (Å²) in [4.78, 5) is 2.70. The van der Waals surface area contributed by atoms with E-state index in [-0.39, 0.29) is 0 Å². The number of unbranched alkanes of at least 4 members (excludes halogenated alkanes) is 20. The molecule has 31 heavy (non-hydrogen) atoms. The second kappa shape index (κ2) is 28.0. The van der Waals surface area contributed by atoms with Crippen LogP contribution in [0.5, 0.6) is 0 Å². The summed E-state index contributed by atoms with van der Waals surface area (Å²) in [6.07, 6.45) is 32.8. The van der Waals surface area contributed by atoms with Crippen molar-refractivity contribution in [2.24, 2.45) is 5.73 Å². The van der Waals surface area contributed by atoms with Gasteiger partial charge in [-0.2, -0.15) is 0 Å². The van der Waals surface area contributed by atoms with E-state index in [0.717, 1.165) is 13.0 Å². The van der Waals surface area contributed by atoms with E-state index in [1.54, 1.807) is 0 Å². The van der Waals surface area contributed by atoms with Gasteiger partial charge >= 0.3 is 0 Å². The smallest absolute Gasteiger partial charge is 0.000672 e. The second-order valence-corrected chi connectivity index (χ2v) is 10.1. The molecule has 0 saturated heterocycles. The van der Waals surface area contributed by atoms with Crippen LogP contribution in [0.4, 0.5) is 0 Å². The van der Waals surface area contributed by atoms with E-state index >= 15 is 0 Å². The molecule has 0 amide bonds. The lowest BCUT2D eigenvalue weighted by atomic mass is 10.1. The lowest BCUT2D eigenvalue weighted by Gasteiger charge is -2.22. The first-order chi connectivity index (χ1) is 15.3. The van der Waals surface area contributed by atoms with E-state index in [4.69, 9.17) is 5.73 Å². The number of hydrogen-bond acceptors (Lipinski definition) is 2. The van der Waals surface area contributed by atoms with Crippen molar-refractivity contribution in [3.8, 4) is 0 Å². The Morgan fingerprint density at radius 1 is 0.355 bits per heavy atom. The zero-order valence-corrected chi connectivity index (χ0v) is 22.1. The van der Waals surface area contributed by atoms with Gasteiger partial charge in [-0.25, -0.2) is 0 Å². The maximum Gasteiger partial charge on any atom is -0.000672 e. The molecule has 2 N–H and O–H groups in total. The van der Waals surface area contributed by atoms with Crippen molar-refractivity contribution in [1.29, 1.82) is 0 Å². The fourth-order valence-corrected chi connectivity index (χ4v) is 4.65. The molecule has 2 nitrogen and oxygen atoms in total. The van der Waals surface area contributed by atoms with Gasteiger partial charge in [0.15, 0.2) is 0 Å². The summed E-state index contributed by atoms with van der Waals surface area (Å²) >= 11 is 0. The van der Waals surface area contributed by atoms with Gasteiger partial charge < -0.3 is 10.6 Å². The Bertz CT molecular complexity index is 279. The number of nitrogens with two attached hydrogens (primary N) is 1. The summed E-state index contributed by atoms with van der Waals surface area (Å²) < 4.78 is 0. The highest BCUT2D eigenvalue weighted by Crippen LogP contribution is 2.13. The molecule has 2 heteroatoms. The van der Waals surface area contributed by atoms with Gasteiger partial charge in [0, 0.05) is 0 Å². The Morgan fingerprint density at radius 3 is 0.903 bits per heavy atom. The molecule has 0 aromatic heterocycles. The van der Waals surface area contributed by atoms with Crippen molar-refractivity contribution in [2.45, 2.75) is 162 Å². The summed E-state index contributed by atoms with van der Waals surface area (Å²) in [6.45, 7) is 9.26. The van der Waals surface area contributed by atoms with E-state index in [2.05, 4.69) is 18.7 Å². The Hall–Kier alpha value is -0.0800. The summed E-state index contributed by atoms with van der Waals surface area (Å²) in [5, 5.41) is 0. The molecule has 0 aliphatic carbocycles. The third-order valence-electron chi connectivity index (χ3n) is 6.83. The fraction of sp³-hybridized carbons (Fsp3) is 1.00. The summed E-state index contributed by atoms with van der Waals surface area (Å²) in [6, 6.07) is 0. The first kappa shape index (κ1) is 30.9. The van der Waals surface area contributed by atoms with Crippen molar-refractivity contribution in [1.82, 2.24) is 4.90 Å². The van der Waals surface area contributed by atoms with Gasteiger partial charge in [-0.15, -0.1) is 0 Å². The molecule has 0 aromatic carbocycles. The van der Waals surface area contributed by atoms with Gasteiger partial charge in [0.2, 0.25) is 0 Å². The molecule has 0 bridgehead atoms. The zero-order chi connectivity index (χ0) is 22.7. The predicted octanol–water partition coefficient (Wildman–Crippen LogP) is 9.26. The third-order valence-corrected chi connectivity index (χ3v) is 6.83. The summed E-state index contributed by atoms with van der Waals surface area (Å²) in [5.74, 6) is 0. The van der Waals surface area contributed by atoms with Crippen molar-refractivity contribution in [2.75, 3.05) is 26.2 Å². The molecule has 0 atom stereocenters. The minimum Gasteiger partial charge on any atom is -0.330 e. The Morgan fingerprint density at radius 2 is 0.613 bits per heavy atom. The minimum absolute atomic E-state index is 0.840. The lowest BCUT2D eigenvalue weighted by molar-refractivity contribution is 0.258. The van der Waals surface area contributed by atoms with Gasteiger partial charge in [0.25, 0.3) is 0 Å². The minimum atomic E-state index is 0.840. The van der Waals surface area contributed by atoms with Crippen LogP contribution >= 0.6 is 0 Å². The maximum atomic E-state index is 5.77. The predicted molar refractivity (Wildman–Crippen MR) is 143 cm³/mol. The first-order valence-corrected chi connectivity index (χ1v) is 14.8. The molecule has 0 rings (SSSR count). The molecule has 0 radical (unpaired) electrons. The van der Waals surface area contributed by atoms with E-state index in [1.807, 2.05) is 0 Å². The molecule has 0 aliphatic heterocycles. The topological polar surface area (TPSA) is 29.3 Å². The van der Waals surface area contributed by atoms with Crippen LogP contribution in [0, 0.1) is 0 Å². The van der Waals surface area contributed by atoms with Crippen molar-refractivity contribution >= 4 is 0 Å². The van der Waals surface area contributed by atoms with Crippen LogP contribution in [0.3, 0.4) is 0 Å². The first-order valence-electron chi connectivity index (χ1n) is 14.8. The SMILES string of the molecule is CCCCCCCCCCCCCN(CCCN)CCCCCCCCCCCCC. The lowest BCUT2D eigenvalue weighted by Crippen LogP contribution is -2.28. The van der Waals surface area contributed by atoms with Gasteiger partial charge in [0.05, 0.1) is 0 Å².